The van der Waals surface area contributed by atoms with Gasteiger partial charge in [-0.15, -0.1) is 0 Å². The van der Waals surface area contributed by atoms with Crippen LogP contribution in [-0.4, -0.2) is 30.0 Å². The number of benzene rings is 1. The molecule has 4 heteroatoms. The number of carbonyl (C=O) groups is 1. The summed E-state index contributed by atoms with van der Waals surface area (Å²) in [5.74, 6) is 0.328. The predicted octanol–water partition coefficient (Wildman–Crippen LogP) is 3.13. The van der Waals surface area contributed by atoms with E-state index in [0.717, 1.165) is 37.8 Å². The fraction of sp³-hybridized carbons (Fsp3) is 0.588. The number of carbonyl (C=O) groups excluding carboxylic acids is 1. The molecule has 21 heavy (non-hydrogen) atoms. The molecular formula is C17H22FNO2. The number of nitrogens with zero attached hydrogens (tertiary/aromatic N) is 1. The van der Waals surface area contributed by atoms with Crippen LogP contribution in [-0.2, 0) is 16.1 Å². The Kier molecular flexibility index (Phi) is 4.54. The summed E-state index contributed by atoms with van der Waals surface area (Å²) in [6.07, 6.45) is 5.32. The van der Waals surface area contributed by atoms with Crippen molar-refractivity contribution in [2.24, 2.45) is 5.92 Å². The molecule has 1 saturated carbocycles. The van der Waals surface area contributed by atoms with Gasteiger partial charge in [-0.25, -0.2) is 4.39 Å². The van der Waals surface area contributed by atoms with Crippen LogP contribution in [0.2, 0.25) is 0 Å². The van der Waals surface area contributed by atoms with E-state index in [1.165, 1.54) is 18.6 Å². The van der Waals surface area contributed by atoms with Crippen LogP contribution >= 0.6 is 0 Å². The van der Waals surface area contributed by atoms with Gasteiger partial charge in [0.2, 0.25) is 5.91 Å². The molecule has 0 radical (unpaired) electrons. The molecule has 1 saturated heterocycles. The zero-order valence-corrected chi connectivity index (χ0v) is 12.3. The third-order valence-electron chi connectivity index (χ3n) is 4.52. The lowest BCUT2D eigenvalue weighted by molar-refractivity contribution is -0.142. The van der Waals surface area contributed by atoms with E-state index >= 15 is 0 Å². The van der Waals surface area contributed by atoms with E-state index in [1.807, 2.05) is 11.0 Å². The Hall–Kier alpha value is -1.42. The summed E-state index contributed by atoms with van der Waals surface area (Å²) in [7, 11) is 0. The summed E-state index contributed by atoms with van der Waals surface area (Å²) >= 11 is 0. The van der Waals surface area contributed by atoms with Crippen molar-refractivity contribution in [3.05, 3.63) is 35.6 Å². The zero-order chi connectivity index (χ0) is 14.7. The molecule has 1 amide bonds. The van der Waals surface area contributed by atoms with Gasteiger partial charge in [-0.1, -0.05) is 18.6 Å². The number of rotatable bonds is 4. The number of halogens is 1. The Morgan fingerprint density at radius 3 is 2.86 bits per heavy atom. The highest BCUT2D eigenvalue weighted by Crippen LogP contribution is 2.29. The predicted molar refractivity (Wildman–Crippen MR) is 78.1 cm³/mol. The molecule has 2 aliphatic rings. The van der Waals surface area contributed by atoms with Crippen molar-refractivity contribution in [1.82, 2.24) is 4.90 Å². The maximum atomic E-state index is 13.1. The van der Waals surface area contributed by atoms with E-state index in [9.17, 15) is 9.18 Å². The SMILES string of the molecule is O=C(C1CCC1)N1CCCC(OCc2cccc(F)c2)C1. The van der Waals surface area contributed by atoms with Gasteiger partial charge in [0.25, 0.3) is 0 Å². The molecule has 0 spiro atoms. The number of hydrogen-bond acceptors (Lipinski definition) is 2. The normalized spacial score (nSPS) is 22.9. The molecular weight excluding hydrogens is 269 g/mol. The fourth-order valence-corrected chi connectivity index (χ4v) is 3.03. The van der Waals surface area contributed by atoms with Crippen molar-refractivity contribution in [1.29, 1.82) is 0 Å². The minimum atomic E-state index is -0.235. The Morgan fingerprint density at radius 2 is 2.14 bits per heavy atom. The molecule has 2 fully saturated rings. The fourth-order valence-electron chi connectivity index (χ4n) is 3.03. The highest BCUT2D eigenvalue weighted by molar-refractivity contribution is 5.79. The van der Waals surface area contributed by atoms with Crippen molar-refractivity contribution < 1.29 is 13.9 Å². The van der Waals surface area contributed by atoms with Gasteiger partial charge < -0.3 is 9.64 Å². The van der Waals surface area contributed by atoms with Gasteiger partial charge >= 0.3 is 0 Å². The topological polar surface area (TPSA) is 29.5 Å². The van der Waals surface area contributed by atoms with Gasteiger partial charge in [0, 0.05) is 19.0 Å². The van der Waals surface area contributed by atoms with Gasteiger partial charge in [-0.05, 0) is 43.4 Å². The molecule has 0 bridgehead atoms. The third kappa shape index (κ3) is 3.62. The Labute approximate surface area is 125 Å². The third-order valence-corrected chi connectivity index (χ3v) is 4.52. The molecule has 3 nitrogen and oxygen atoms in total. The average molecular weight is 291 g/mol. The minimum Gasteiger partial charge on any atom is -0.372 e. The maximum absolute atomic E-state index is 13.1. The molecule has 1 aliphatic carbocycles. The second kappa shape index (κ2) is 6.56. The van der Waals surface area contributed by atoms with Crippen molar-refractivity contribution in [3.8, 4) is 0 Å². The first-order chi connectivity index (χ1) is 10.2. The van der Waals surface area contributed by atoms with Crippen LogP contribution in [0.4, 0.5) is 4.39 Å². The number of ether oxygens (including phenoxy) is 1. The lowest BCUT2D eigenvalue weighted by atomic mass is 9.84. The first-order valence-corrected chi connectivity index (χ1v) is 7.87. The Balaban J connectivity index is 1.50. The molecule has 3 rings (SSSR count). The van der Waals surface area contributed by atoms with Crippen LogP contribution in [0.25, 0.3) is 0 Å². The van der Waals surface area contributed by atoms with Crippen molar-refractivity contribution in [2.45, 2.75) is 44.8 Å². The van der Waals surface area contributed by atoms with Gasteiger partial charge in [-0.2, -0.15) is 0 Å². The maximum Gasteiger partial charge on any atom is 0.225 e. The molecule has 1 heterocycles. The highest BCUT2D eigenvalue weighted by Gasteiger charge is 2.32. The molecule has 1 aromatic rings. The minimum absolute atomic E-state index is 0.0750. The van der Waals surface area contributed by atoms with E-state index in [2.05, 4.69) is 0 Å². The van der Waals surface area contributed by atoms with E-state index in [4.69, 9.17) is 4.74 Å². The second-order valence-corrected chi connectivity index (χ2v) is 6.12. The van der Waals surface area contributed by atoms with Crippen LogP contribution in [0.1, 0.15) is 37.7 Å². The summed E-state index contributed by atoms with van der Waals surface area (Å²) in [5.41, 5.74) is 0.845. The molecule has 1 atom stereocenters. The van der Waals surface area contributed by atoms with Gasteiger partial charge in [-0.3, -0.25) is 4.79 Å². The molecule has 114 valence electrons. The smallest absolute Gasteiger partial charge is 0.225 e. The Morgan fingerprint density at radius 1 is 1.29 bits per heavy atom. The lowest BCUT2D eigenvalue weighted by Crippen LogP contribution is -2.46. The molecule has 1 unspecified atom stereocenters. The first-order valence-electron chi connectivity index (χ1n) is 7.87. The molecule has 0 N–H and O–H groups in total. The van der Waals surface area contributed by atoms with Crippen LogP contribution in [0, 0.1) is 11.7 Å². The van der Waals surface area contributed by atoms with Crippen LogP contribution in [0.5, 0.6) is 0 Å². The van der Waals surface area contributed by atoms with Crippen molar-refractivity contribution in [3.63, 3.8) is 0 Å². The van der Waals surface area contributed by atoms with Crippen molar-refractivity contribution >= 4 is 5.91 Å². The number of likely N-dealkylation sites (tertiary alicyclic amines) is 1. The quantitative estimate of drug-likeness (QED) is 0.853. The van der Waals surface area contributed by atoms with Crippen LogP contribution in [0.3, 0.4) is 0 Å². The van der Waals surface area contributed by atoms with E-state index < -0.39 is 0 Å². The number of hydrogen-bond donors (Lipinski definition) is 0. The summed E-state index contributed by atoms with van der Waals surface area (Å²) in [5, 5.41) is 0. The first kappa shape index (κ1) is 14.5. The Bertz CT molecular complexity index is 501. The largest absolute Gasteiger partial charge is 0.372 e. The average Bonchev–Trinajstić information content (AvgIpc) is 2.44. The summed E-state index contributed by atoms with van der Waals surface area (Å²) in [4.78, 5) is 14.2. The van der Waals surface area contributed by atoms with Crippen LogP contribution < -0.4 is 0 Å². The number of piperidine rings is 1. The molecule has 1 aromatic carbocycles. The monoisotopic (exact) mass is 291 g/mol. The van der Waals surface area contributed by atoms with Gasteiger partial charge in [0.05, 0.1) is 12.7 Å². The molecule has 0 aromatic heterocycles. The standard InChI is InChI=1S/C17H22FNO2/c18-15-7-1-4-13(10-15)12-21-16-8-3-9-19(11-16)17(20)14-5-2-6-14/h1,4,7,10,14,16H,2-3,5-6,8-9,11-12H2. The van der Waals surface area contributed by atoms with E-state index in [1.54, 1.807) is 6.07 Å². The van der Waals surface area contributed by atoms with Gasteiger partial charge in [0.1, 0.15) is 5.82 Å². The highest BCUT2D eigenvalue weighted by atomic mass is 19.1. The summed E-state index contributed by atoms with van der Waals surface area (Å²) < 4.78 is 19.0. The lowest BCUT2D eigenvalue weighted by Gasteiger charge is -2.37. The molecule has 1 aliphatic heterocycles. The number of amides is 1. The van der Waals surface area contributed by atoms with Crippen molar-refractivity contribution in [2.75, 3.05) is 13.1 Å². The second-order valence-electron chi connectivity index (χ2n) is 6.12. The van der Waals surface area contributed by atoms with Crippen LogP contribution in [0.15, 0.2) is 24.3 Å². The van der Waals surface area contributed by atoms with E-state index in [0.29, 0.717) is 19.1 Å². The zero-order valence-electron chi connectivity index (χ0n) is 12.3. The summed E-state index contributed by atoms with van der Waals surface area (Å²) in [6, 6.07) is 6.49. The summed E-state index contributed by atoms with van der Waals surface area (Å²) in [6.45, 7) is 1.95. The van der Waals surface area contributed by atoms with E-state index in [-0.39, 0.29) is 17.8 Å². The van der Waals surface area contributed by atoms with Gasteiger partial charge in [0.15, 0.2) is 0 Å².